The van der Waals surface area contributed by atoms with Crippen LogP contribution in [-0.2, 0) is 39.5 Å². The summed E-state index contributed by atoms with van der Waals surface area (Å²) in [6, 6.07) is 13.3. The van der Waals surface area contributed by atoms with Crippen molar-refractivity contribution in [1.29, 1.82) is 0 Å². The molecule has 0 saturated carbocycles. The first kappa shape index (κ1) is 26.5. The first-order chi connectivity index (χ1) is 17.4. The molecular weight excluding hydrogens is 544 g/mol. The highest BCUT2D eigenvalue weighted by molar-refractivity contribution is 9.10. The molecule has 2 aromatic rings. The van der Waals surface area contributed by atoms with Gasteiger partial charge in [0.05, 0.1) is 19.4 Å². The maximum atomic E-state index is 14.3. The van der Waals surface area contributed by atoms with E-state index in [0.717, 1.165) is 4.90 Å². The molecule has 2 aliphatic rings. The number of benzene rings is 2. The quantitative estimate of drug-likeness (QED) is 0.398. The smallest absolute Gasteiger partial charge is 0.421 e. The molecule has 2 aromatic carbocycles. The van der Waals surface area contributed by atoms with Crippen LogP contribution in [0, 0.1) is 5.92 Å². The molecule has 0 aromatic heterocycles. The SMILES string of the molecule is CCOC(=O)[C@H]1[C@@]2(C=N[C@]1(C(=O)OC)c1ccccc1)C(=O)N(C(=O)OC(C)(C)C)c1ccc(Br)cc12. The Morgan fingerprint density at radius 3 is 2.38 bits per heavy atom. The fourth-order valence-corrected chi connectivity index (χ4v) is 5.34. The van der Waals surface area contributed by atoms with E-state index in [1.807, 2.05) is 0 Å². The van der Waals surface area contributed by atoms with Crippen molar-refractivity contribution in [2.75, 3.05) is 18.6 Å². The zero-order chi connectivity index (χ0) is 27.2. The highest BCUT2D eigenvalue weighted by Gasteiger charge is 2.72. The topological polar surface area (TPSA) is 112 Å². The Kier molecular flexibility index (Phi) is 6.74. The minimum absolute atomic E-state index is 0.00718. The molecule has 1 spiro atoms. The second-order valence-corrected chi connectivity index (χ2v) is 10.6. The molecule has 0 fully saturated rings. The average Bonchev–Trinajstić information content (AvgIpc) is 3.33. The Bertz CT molecular complexity index is 1300. The van der Waals surface area contributed by atoms with Crippen LogP contribution >= 0.6 is 15.9 Å². The van der Waals surface area contributed by atoms with Gasteiger partial charge in [0.2, 0.25) is 0 Å². The third kappa shape index (κ3) is 4.03. The van der Waals surface area contributed by atoms with E-state index < -0.39 is 46.4 Å². The van der Waals surface area contributed by atoms with Gasteiger partial charge in [-0.3, -0.25) is 14.6 Å². The molecule has 0 unspecified atom stereocenters. The third-order valence-electron chi connectivity index (χ3n) is 6.36. The van der Waals surface area contributed by atoms with Gasteiger partial charge in [0.25, 0.3) is 5.91 Å². The van der Waals surface area contributed by atoms with Gasteiger partial charge >= 0.3 is 18.0 Å². The van der Waals surface area contributed by atoms with Crippen LogP contribution in [0.15, 0.2) is 58.0 Å². The van der Waals surface area contributed by atoms with Gasteiger partial charge in [-0.25, -0.2) is 14.5 Å². The molecule has 4 rings (SSSR count). The number of fused-ring (bicyclic) bond motifs is 2. The van der Waals surface area contributed by atoms with Crippen LogP contribution < -0.4 is 4.90 Å². The number of esters is 2. The molecule has 10 heteroatoms. The first-order valence-corrected chi connectivity index (χ1v) is 12.5. The molecule has 2 aliphatic heterocycles. The summed E-state index contributed by atoms with van der Waals surface area (Å²) >= 11 is 3.43. The van der Waals surface area contributed by atoms with Crippen LogP contribution in [0.25, 0.3) is 0 Å². The Morgan fingerprint density at radius 1 is 1.11 bits per heavy atom. The van der Waals surface area contributed by atoms with E-state index in [0.29, 0.717) is 15.6 Å². The zero-order valence-corrected chi connectivity index (χ0v) is 22.7. The molecule has 37 heavy (non-hydrogen) atoms. The van der Waals surface area contributed by atoms with Crippen LogP contribution in [0.5, 0.6) is 0 Å². The van der Waals surface area contributed by atoms with Gasteiger partial charge in [-0.15, -0.1) is 0 Å². The van der Waals surface area contributed by atoms with Crippen molar-refractivity contribution in [3.05, 3.63) is 64.1 Å². The van der Waals surface area contributed by atoms with Gasteiger partial charge in [-0.2, -0.15) is 0 Å². The van der Waals surface area contributed by atoms with Gasteiger partial charge in [0.15, 0.2) is 5.54 Å². The molecule has 0 aliphatic carbocycles. The number of nitrogens with zero attached hydrogens (tertiary/aromatic N) is 2. The number of amides is 2. The number of hydrogen-bond acceptors (Lipinski definition) is 8. The highest BCUT2D eigenvalue weighted by Crippen LogP contribution is 2.57. The molecule has 2 heterocycles. The lowest BCUT2D eigenvalue weighted by atomic mass is 9.64. The number of anilines is 1. The maximum Gasteiger partial charge on any atom is 0.421 e. The van der Waals surface area contributed by atoms with Gasteiger partial charge in [0, 0.05) is 10.7 Å². The van der Waals surface area contributed by atoms with Gasteiger partial charge in [-0.05, 0) is 57.0 Å². The third-order valence-corrected chi connectivity index (χ3v) is 6.85. The molecule has 3 atom stereocenters. The summed E-state index contributed by atoms with van der Waals surface area (Å²) in [5.41, 5.74) is -3.83. The number of ether oxygens (including phenoxy) is 3. The molecule has 0 N–H and O–H groups in total. The molecule has 2 amide bonds. The first-order valence-electron chi connectivity index (χ1n) is 11.7. The Hall–Kier alpha value is -3.53. The number of aliphatic imine (C=N–C) groups is 1. The second-order valence-electron chi connectivity index (χ2n) is 9.72. The summed E-state index contributed by atoms with van der Waals surface area (Å²) in [5.74, 6) is -3.97. The van der Waals surface area contributed by atoms with E-state index in [9.17, 15) is 19.2 Å². The Labute approximate surface area is 222 Å². The van der Waals surface area contributed by atoms with E-state index >= 15 is 0 Å². The molecule has 0 radical (unpaired) electrons. The number of halogens is 1. The average molecular weight is 571 g/mol. The summed E-state index contributed by atoms with van der Waals surface area (Å²) in [7, 11) is 1.18. The molecule has 194 valence electrons. The monoisotopic (exact) mass is 570 g/mol. The van der Waals surface area contributed by atoms with E-state index in [2.05, 4.69) is 20.9 Å². The van der Waals surface area contributed by atoms with Gasteiger partial charge < -0.3 is 14.2 Å². The Balaban J connectivity index is 2.03. The van der Waals surface area contributed by atoms with Crippen molar-refractivity contribution in [2.45, 2.75) is 44.2 Å². The van der Waals surface area contributed by atoms with Crippen LogP contribution in [0.3, 0.4) is 0 Å². The van der Waals surface area contributed by atoms with E-state index in [4.69, 9.17) is 14.2 Å². The number of carbonyl (C=O) groups excluding carboxylic acids is 4. The predicted octanol–water partition coefficient (Wildman–Crippen LogP) is 4.30. The normalized spacial score (nSPS) is 24.2. The van der Waals surface area contributed by atoms with Crippen molar-refractivity contribution >= 4 is 51.8 Å². The van der Waals surface area contributed by atoms with Crippen LogP contribution in [-0.4, -0.2) is 49.5 Å². The van der Waals surface area contributed by atoms with E-state index in [1.165, 1.54) is 13.3 Å². The number of imide groups is 1. The lowest BCUT2D eigenvalue weighted by Crippen LogP contribution is -2.56. The van der Waals surface area contributed by atoms with Gasteiger partial charge in [-0.1, -0.05) is 46.3 Å². The summed E-state index contributed by atoms with van der Waals surface area (Å²) < 4.78 is 16.7. The summed E-state index contributed by atoms with van der Waals surface area (Å²) in [6.07, 6.45) is 0.362. The maximum absolute atomic E-state index is 14.3. The molecule has 0 saturated heterocycles. The minimum Gasteiger partial charge on any atom is -0.467 e. The largest absolute Gasteiger partial charge is 0.467 e. The lowest BCUT2D eigenvalue weighted by molar-refractivity contribution is -0.163. The number of carbonyl (C=O) groups is 4. The van der Waals surface area contributed by atoms with Crippen molar-refractivity contribution in [1.82, 2.24) is 0 Å². The predicted molar refractivity (Wildman–Crippen MR) is 138 cm³/mol. The molecule has 9 nitrogen and oxygen atoms in total. The number of hydrogen-bond donors (Lipinski definition) is 0. The molecular formula is C27H27BrN2O7. The van der Waals surface area contributed by atoms with Crippen molar-refractivity contribution in [3.8, 4) is 0 Å². The number of methoxy groups -OCH3 is 1. The van der Waals surface area contributed by atoms with E-state index in [1.54, 1.807) is 76.2 Å². The fraction of sp³-hybridized carbons (Fsp3) is 0.370. The van der Waals surface area contributed by atoms with Crippen LogP contribution in [0.1, 0.15) is 38.8 Å². The van der Waals surface area contributed by atoms with Crippen LogP contribution in [0.2, 0.25) is 0 Å². The van der Waals surface area contributed by atoms with Crippen molar-refractivity contribution in [3.63, 3.8) is 0 Å². The van der Waals surface area contributed by atoms with Crippen molar-refractivity contribution < 1.29 is 33.4 Å². The zero-order valence-electron chi connectivity index (χ0n) is 21.1. The Morgan fingerprint density at radius 2 is 1.78 bits per heavy atom. The van der Waals surface area contributed by atoms with E-state index in [-0.39, 0.29) is 12.3 Å². The fourth-order valence-electron chi connectivity index (χ4n) is 4.98. The standard InChI is InChI=1S/C27H27BrN2O7/c1-6-36-21(31)20-26(15-29-27(20,23(33)35-5)16-10-8-7-9-11-16)18-14-17(28)12-13-19(18)30(22(26)32)24(34)37-25(2,3)4/h7-15,20H,6H2,1-5H3/t20-,26-,27+/m0/s1. The lowest BCUT2D eigenvalue weighted by Gasteiger charge is -2.36. The summed E-state index contributed by atoms with van der Waals surface area (Å²) in [5, 5.41) is 0. The van der Waals surface area contributed by atoms with Gasteiger partial charge in [0.1, 0.15) is 16.9 Å². The summed E-state index contributed by atoms with van der Waals surface area (Å²) in [6.45, 7) is 6.66. The second kappa shape index (κ2) is 9.41. The summed E-state index contributed by atoms with van der Waals surface area (Å²) in [4.78, 5) is 60.4. The molecule has 0 bridgehead atoms. The minimum atomic E-state index is -1.94. The van der Waals surface area contributed by atoms with Crippen LogP contribution in [0.4, 0.5) is 10.5 Å². The van der Waals surface area contributed by atoms with Crippen molar-refractivity contribution in [2.24, 2.45) is 10.9 Å². The highest BCUT2D eigenvalue weighted by atomic mass is 79.9. The number of rotatable bonds is 4.